The van der Waals surface area contributed by atoms with Crippen molar-refractivity contribution in [1.82, 2.24) is 14.3 Å². The highest BCUT2D eigenvalue weighted by atomic mass is 79.9. The fraction of sp³-hybridized carbons (Fsp3) is 0.333. The molecule has 0 aliphatic carbocycles. The Kier molecular flexibility index (Phi) is 4.56. The van der Waals surface area contributed by atoms with Crippen LogP contribution in [-0.4, -0.2) is 29.2 Å². The summed E-state index contributed by atoms with van der Waals surface area (Å²) in [5, 5.41) is 0. The van der Waals surface area contributed by atoms with Crippen molar-refractivity contribution in [3.63, 3.8) is 0 Å². The normalized spacial score (nSPS) is 19.4. The Bertz CT molecular complexity index is 752. The van der Waals surface area contributed by atoms with Crippen LogP contribution < -0.4 is 0 Å². The topological polar surface area (TPSA) is 63.2 Å². The Labute approximate surface area is 138 Å². The van der Waals surface area contributed by atoms with Gasteiger partial charge in [-0.15, -0.1) is 0 Å². The van der Waals surface area contributed by atoms with Crippen molar-refractivity contribution < 1.29 is 8.42 Å². The summed E-state index contributed by atoms with van der Waals surface area (Å²) in [4.78, 5) is 8.27. The van der Waals surface area contributed by atoms with Crippen LogP contribution in [0.25, 0.3) is 0 Å². The second-order valence-electron chi connectivity index (χ2n) is 5.28. The molecule has 1 fully saturated rings. The monoisotopic (exact) mass is 381 g/mol. The minimum Gasteiger partial charge on any atom is -0.263 e. The first-order chi connectivity index (χ1) is 10.6. The Morgan fingerprint density at radius 1 is 1.32 bits per heavy atom. The lowest BCUT2D eigenvalue weighted by Crippen LogP contribution is -2.32. The van der Waals surface area contributed by atoms with E-state index in [2.05, 4.69) is 25.9 Å². The third-order valence-corrected chi connectivity index (χ3v) is 5.97. The van der Waals surface area contributed by atoms with Crippen LogP contribution in [0.3, 0.4) is 0 Å². The predicted octanol–water partition coefficient (Wildman–Crippen LogP) is 2.91. The van der Waals surface area contributed by atoms with Crippen LogP contribution in [0.4, 0.5) is 0 Å². The molecule has 2 aromatic rings. The number of pyridine rings is 2. The molecule has 22 heavy (non-hydrogen) atoms. The van der Waals surface area contributed by atoms with Crippen LogP contribution in [0.15, 0.2) is 47.3 Å². The Hall–Kier alpha value is -1.31. The van der Waals surface area contributed by atoms with E-state index in [-0.39, 0.29) is 11.8 Å². The maximum absolute atomic E-state index is 12.7. The van der Waals surface area contributed by atoms with Crippen molar-refractivity contribution in [2.45, 2.75) is 24.6 Å². The lowest BCUT2D eigenvalue weighted by molar-refractivity contribution is 0.395. The first kappa shape index (κ1) is 15.6. The van der Waals surface area contributed by atoms with E-state index in [0.717, 1.165) is 22.9 Å². The van der Waals surface area contributed by atoms with Gasteiger partial charge in [0.1, 0.15) is 5.75 Å². The first-order valence-corrected chi connectivity index (χ1v) is 9.46. The standard InChI is InChI=1S/C15H16BrN3O2S/c16-13-8-12(9-17-10-13)15-5-3-7-19(15)22(20,21)11-14-4-1-2-6-18-14/h1-2,4,6,8-10,15H,3,5,7,11H2. The summed E-state index contributed by atoms with van der Waals surface area (Å²) in [5.41, 5.74) is 1.50. The summed E-state index contributed by atoms with van der Waals surface area (Å²) in [7, 11) is -3.40. The summed E-state index contributed by atoms with van der Waals surface area (Å²) in [6.45, 7) is 0.548. The van der Waals surface area contributed by atoms with E-state index in [1.165, 1.54) is 0 Å². The van der Waals surface area contributed by atoms with Crippen LogP contribution in [0.5, 0.6) is 0 Å². The third-order valence-electron chi connectivity index (χ3n) is 3.73. The molecule has 116 valence electrons. The van der Waals surface area contributed by atoms with E-state index in [1.807, 2.05) is 6.07 Å². The molecule has 1 saturated heterocycles. The number of hydrogen-bond donors (Lipinski definition) is 0. The molecule has 0 bridgehead atoms. The van der Waals surface area contributed by atoms with Gasteiger partial charge in [0.05, 0.1) is 11.7 Å². The van der Waals surface area contributed by atoms with Gasteiger partial charge in [-0.25, -0.2) is 8.42 Å². The fourth-order valence-electron chi connectivity index (χ4n) is 2.77. The van der Waals surface area contributed by atoms with Crippen molar-refractivity contribution in [3.8, 4) is 0 Å². The summed E-state index contributed by atoms with van der Waals surface area (Å²) in [5.74, 6) is -0.0637. The molecule has 3 heterocycles. The van der Waals surface area contributed by atoms with Gasteiger partial charge in [0.25, 0.3) is 0 Å². The van der Waals surface area contributed by atoms with Crippen LogP contribution in [0.2, 0.25) is 0 Å². The molecule has 2 aromatic heterocycles. The number of aromatic nitrogens is 2. The number of hydrogen-bond acceptors (Lipinski definition) is 4. The number of halogens is 1. The van der Waals surface area contributed by atoms with E-state index in [1.54, 1.807) is 41.1 Å². The van der Waals surface area contributed by atoms with Gasteiger partial charge in [-0.05, 0) is 52.5 Å². The molecular formula is C15H16BrN3O2S. The maximum atomic E-state index is 12.7. The van der Waals surface area contributed by atoms with E-state index in [9.17, 15) is 8.42 Å². The first-order valence-electron chi connectivity index (χ1n) is 7.06. The maximum Gasteiger partial charge on any atom is 0.220 e. The minimum absolute atomic E-state index is 0.0637. The molecule has 0 aromatic carbocycles. The minimum atomic E-state index is -3.40. The second-order valence-corrected chi connectivity index (χ2v) is 8.12. The smallest absolute Gasteiger partial charge is 0.220 e. The highest BCUT2D eigenvalue weighted by Crippen LogP contribution is 2.35. The van der Waals surface area contributed by atoms with Gasteiger partial charge in [0.2, 0.25) is 10.0 Å². The molecule has 1 atom stereocenters. The molecule has 3 rings (SSSR count). The largest absolute Gasteiger partial charge is 0.263 e. The highest BCUT2D eigenvalue weighted by molar-refractivity contribution is 9.10. The Morgan fingerprint density at radius 3 is 2.91 bits per heavy atom. The quantitative estimate of drug-likeness (QED) is 0.816. The molecule has 0 radical (unpaired) electrons. The van der Waals surface area contributed by atoms with Gasteiger partial charge >= 0.3 is 0 Å². The molecule has 1 unspecified atom stereocenters. The summed E-state index contributed by atoms with van der Waals surface area (Å²) in [6.07, 6.45) is 6.73. The lowest BCUT2D eigenvalue weighted by atomic mass is 10.1. The molecule has 0 N–H and O–H groups in total. The molecule has 7 heteroatoms. The van der Waals surface area contributed by atoms with Crippen LogP contribution in [0, 0.1) is 0 Å². The molecule has 5 nitrogen and oxygen atoms in total. The van der Waals surface area contributed by atoms with Crippen LogP contribution in [-0.2, 0) is 15.8 Å². The van der Waals surface area contributed by atoms with Gasteiger partial charge < -0.3 is 0 Å². The van der Waals surface area contributed by atoms with Gasteiger partial charge in [-0.3, -0.25) is 9.97 Å². The number of nitrogens with zero attached hydrogens (tertiary/aromatic N) is 3. The molecule has 1 aliphatic rings. The van der Waals surface area contributed by atoms with Crippen molar-refractivity contribution in [2.24, 2.45) is 0 Å². The zero-order chi connectivity index (χ0) is 15.6. The number of sulfonamides is 1. The molecular weight excluding hydrogens is 366 g/mol. The number of rotatable bonds is 4. The summed E-state index contributed by atoms with van der Waals surface area (Å²) in [6, 6.07) is 7.12. The van der Waals surface area contributed by atoms with Gasteiger partial charge in [0.15, 0.2) is 0 Å². The van der Waals surface area contributed by atoms with Crippen LogP contribution in [0.1, 0.15) is 30.1 Å². The van der Waals surface area contributed by atoms with Crippen molar-refractivity contribution >= 4 is 26.0 Å². The van der Waals surface area contributed by atoms with Gasteiger partial charge in [0, 0.05) is 29.6 Å². The molecule has 0 spiro atoms. The highest BCUT2D eigenvalue weighted by Gasteiger charge is 2.35. The zero-order valence-corrected chi connectivity index (χ0v) is 14.3. The van der Waals surface area contributed by atoms with E-state index >= 15 is 0 Å². The molecule has 0 amide bonds. The fourth-order valence-corrected chi connectivity index (χ4v) is 4.89. The van der Waals surface area contributed by atoms with Gasteiger partial charge in [-0.1, -0.05) is 6.07 Å². The van der Waals surface area contributed by atoms with E-state index in [4.69, 9.17) is 0 Å². The summed E-state index contributed by atoms with van der Waals surface area (Å²) < 4.78 is 27.9. The predicted molar refractivity (Wildman–Crippen MR) is 87.5 cm³/mol. The Balaban J connectivity index is 1.86. The third kappa shape index (κ3) is 3.37. The van der Waals surface area contributed by atoms with Crippen molar-refractivity contribution in [3.05, 3.63) is 58.6 Å². The molecule has 1 aliphatic heterocycles. The average molecular weight is 382 g/mol. The zero-order valence-electron chi connectivity index (χ0n) is 11.9. The van der Waals surface area contributed by atoms with Crippen molar-refractivity contribution in [2.75, 3.05) is 6.54 Å². The van der Waals surface area contributed by atoms with Gasteiger partial charge in [-0.2, -0.15) is 4.31 Å². The average Bonchev–Trinajstić information content (AvgIpc) is 2.98. The second kappa shape index (κ2) is 6.44. The van der Waals surface area contributed by atoms with Crippen molar-refractivity contribution in [1.29, 1.82) is 0 Å². The van der Waals surface area contributed by atoms with E-state index < -0.39 is 10.0 Å². The summed E-state index contributed by atoms with van der Waals surface area (Å²) >= 11 is 3.39. The molecule has 0 saturated carbocycles. The van der Waals surface area contributed by atoms with Crippen LogP contribution >= 0.6 is 15.9 Å². The Morgan fingerprint density at radius 2 is 2.18 bits per heavy atom. The SMILES string of the molecule is O=S(=O)(Cc1ccccn1)N1CCCC1c1cncc(Br)c1. The van der Waals surface area contributed by atoms with E-state index in [0.29, 0.717) is 12.2 Å². The lowest BCUT2D eigenvalue weighted by Gasteiger charge is -2.24.